The minimum absolute atomic E-state index is 0. The summed E-state index contributed by atoms with van der Waals surface area (Å²) in [6.07, 6.45) is 15.2. The Morgan fingerprint density at radius 3 is 1.36 bits per heavy atom. The molecule has 2 nitrogen and oxygen atoms in total. The number of aryl methyl sites for hydroxylation is 2. The van der Waals surface area contributed by atoms with Gasteiger partial charge in [0, 0.05) is 0 Å². The summed E-state index contributed by atoms with van der Waals surface area (Å²) in [5.41, 5.74) is 18.4. The van der Waals surface area contributed by atoms with Crippen LogP contribution in [0.1, 0.15) is 77.8 Å². The summed E-state index contributed by atoms with van der Waals surface area (Å²) in [6, 6.07) is 37.2. The van der Waals surface area contributed by atoms with Crippen molar-refractivity contribution in [1.29, 1.82) is 0 Å². The van der Waals surface area contributed by atoms with Crippen LogP contribution in [-0.4, -0.2) is 9.13 Å². The summed E-state index contributed by atoms with van der Waals surface area (Å²) in [7, 11) is 0. The van der Waals surface area contributed by atoms with Gasteiger partial charge in [0.05, 0.1) is 0 Å². The third-order valence-corrected chi connectivity index (χ3v) is 17.8. The van der Waals surface area contributed by atoms with E-state index in [0.29, 0.717) is 7.35 Å². The van der Waals surface area contributed by atoms with Crippen molar-refractivity contribution < 1.29 is 47.7 Å². The zero-order valence-corrected chi connectivity index (χ0v) is 31.5. The van der Waals surface area contributed by atoms with Crippen molar-refractivity contribution in [3.8, 4) is 0 Å². The van der Waals surface area contributed by atoms with E-state index in [2.05, 4.69) is 118 Å². The average molecular weight is 818 g/mol. The van der Waals surface area contributed by atoms with Crippen molar-refractivity contribution in [2.24, 2.45) is 0 Å². The number of allylic oxidation sites excluding steroid dienone is 2. The van der Waals surface area contributed by atoms with E-state index in [4.69, 9.17) is 0 Å². The van der Waals surface area contributed by atoms with Crippen molar-refractivity contribution >= 4 is 45.4 Å². The summed E-state index contributed by atoms with van der Waals surface area (Å²) < 4.78 is 6.53. The first-order valence-corrected chi connectivity index (χ1v) is 21.1. The predicted molar refractivity (Wildman–Crippen MR) is 184 cm³/mol. The molecule has 4 aliphatic rings. The van der Waals surface area contributed by atoms with Crippen LogP contribution < -0.4 is 24.8 Å². The van der Waals surface area contributed by atoms with E-state index in [0.717, 1.165) is 0 Å². The van der Waals surface area contributed by atoms with Crippen molar-refractivity contribution in [3.63, 3.8) is 0 Å². The Labute approximate surface area is 300 Å². The number of halogens is 2. The van der Waals surface area contributed by atoms with E-state index in [1.165, 1.54) is 84.3 Å². The van der Waals surface area contributed by atoms with Crippen LogP contribution in [0, 0.1) is 0 Å². The van der Waals surface area contributed by atoms with Crippen LogP contribution in [0.15, 0.2) is 97.1 Å². The molecule has 2 unspecified atom stereocenters. The predicted octanol–water partition coefficient (Wildman–Crippen LogP) is 4.25. The average Bonchev–Trinajstić information content (AvgIpc) is 3.83. The smallest absolute Gasteiger partial charge is 1.00 e. The molecule has 0 fully saturated rings. The van der Waals surface area contributed by atoms with Gasteiger partial charge in [-0.15, -0.1) is 0 Å². The van der Waals surface area contributed by atoms with Crippen LogP contribution in [-0.2, 0) is 48.6 Å². The summed E-state index contributed by atoms with van der Waals surface area (Å²) in [4.78, 5) is 0. The van der Waals surface area contributed by atoms with Crippen LogP contribution in [0.25, 0.3) is 45.4 Å². The van der Waals surface area contributed by atoms with Crippen molar-refractivity contribution in [1.82, 2.24) is 9.13 Å². The molecule has 5 heteroatoms. The van der Waals surface area contributed by atoms with Gasteiger partial charge in [-0.25, -0.2) is 0 Å². The molecule has 2 aromatic heterocycles. The molecule has 2 atom stereocenters. The Balaban J connectivity index is 0.00000162. The zero-order valence-electron chi connectivity index (χ0n) is 26.4. The Hall–Kier alpha value is -3.11. The van der Waals surface area contributed by atoms with E-state index in [-0.39, 0.29) is 24.8 Å². The first-order chi connectivity index (χ1) is 22.3. The number of benzene rings is 4. The first-order valence-electron chi connectivity index (χ1n) is 17.0. The molecule has 0 bridgehead atoms. The second kappa shape index (κ2) is 12.4. The van der Waals surface area contributed by atoms with Crippen LogP contribution in [0.2, 0.25) is 0 Å². The molecule has 10 rings (SSSR count). The Kier molecular flexibility index (Phi) is 8.23. The second-order valence-electron chi connectivity index (χ2n) is 13.4. The van der Waals surface area contributed by atoms with Crippen LogP contribution >= 0.6 is 0 Å². The number of nitrogens with zero attached hydrogens (tertiary/aromatic N) is 2. The molecule has 0 N–H and O–H groups in total. The van der Waals surface area contributed by atoms with Gasteiger partial charge in [-0.1, -0.05) is 0 Å². The number of hydrogen-bond donors (Lipinski definition) is 0. The van der Waals surface area contributed by atoms with Gasteiger partial charge in [0.2, 0.25) is 0 Å². The summed E-state index contributed by atoms with van der Waals surface area (Å²) in [5.74, 6) is 0. The van der Waals surface area contributed by atoms with Gasteiger partial charge in [-0.2, -0.15) is 0 Å². The van der Waals surface area contributed by atoms with E-state index in [9.17, 15) is 0 Å². The quantitative estimate of drug-likeness (QED) is 0.236. The van der Waals surface area contributed by atoms with Crippen molar-refractivity contribution in [3.05, 3.63) is 142 Å². The Bertz CT molecular complexity index is 2080. The largest absolute Gasteiger partial charge is 1.00 e. The topological polar surface area (TPSA) is 9.86 Å². The Morgan fingerprint density at radius 1 is 0.468 bits per heavy atom. The minimum atomic E-state index is -1.48. The van der Waals surface area contributed by atoms with E-state index >= 15 is 0 Å². The SMILES string of the molecule is C1=C(n2c3c(c4ccccc42)CCCC3)[CH]([Hf+2][CH]2C(n3c4c(c5ccccc53)CCCC4)=Cc3ccccc32)c2ccccc21.[Cl-].[Cl-]. The third-order valence-electron chi connectivity index (χ3n) is 11.0. The molecule has 0 spiro atoms. The van der Waals surface area contributed by atoms with Gasteiger partial charge in [0.15, 0.2) is 0 Å². The molecule has 0 amide bonds. The number of aromatic nitrogens is 2. The fraction of sp³-hybridized carbons (Fsp3) is 0.238. The third kappa shape index (κ3) is 4.75. The molecule has 0 radical (unpaired) electrons. The normalized spacial score (nSPS) is 19.1. The van der Waals surface area contributed by atoms with E-state index in [1.54, 1.807) is 45.0 Å². The van der Waals surface area contributed by atoms with Crippen LogP contribution in [0.3, 0.4) is 0 Å². The van der Waals surface area contributed by atoms with Gasteiger partial charge >= 0.3 is 278 Å². The van der Waals surface area contributed by atoms with Gasteiger partial charge in [-0.05, 0) is 0 Å². The maximum atomic E-state index is 2.75. The Morgan fingerprint density at radius 2 is 0.872 bits per heavy atom. The standard InChI is InChI=1S/2C21H18N.2ClH.Hf/c2*1-2-8-16-14-17(13-15(16)7-1)22-20-11-5-3-9-18(20)19-10-4-6-12-21(19)22;;;/h2*1-3,5,7-9,11,13-14H,4,6,10,12H2;2*1H;/q;;;;+2/p-2. The monoisotopic (exact) mass is 818 g/mol. The van der Waals surface area contributed by atoms with E-state index < -0.39 is 22.9 Å². The zero-order chi connectivity index (χ0) is 29.5. The molecule has 47 heavy (non-hydrogen) atoms. The molecule has 4 aromatic carbocycles. The molecule has 0 saturated carbocycles. The molecule has 2 heterocycles. The summed E-state index contributed by atoms with van der Waals surface area (Å²) in [6.45, 7) is 0. The maximum absolute atomic E-state index is 2.75. The van der Waals surface area contributed by atoms with Gasteiger partial charge in [-0.3, -0.25) is 0 Å². The summed E-state index contributed by atoms with van der Waals surface area (Å²) >= 11 is -1.48. The number of rotatable bonds is 4. The van der Waals surface area contributed by atoms with Gasteiger partial charge < -0.3 is 24.8 Å². The molecule has 6 aromatic rings. The second-order valence-corrected chi connectivity index (χ2v) is 18.7. The van der Waals surface area contributed by atoms with Crippen molar-refractivity contribution in [2.45, 2.75) is 58.7 Å². The molecule has 0 aliphatic heterocycles. The molecule has 232 valence electrons. The van der Waals surface area contributed by atoms with Crippen molar-refractivity contribution in [2.75, 3.05) is 0 Å². The number of hydrogen-bond acceptors (Lipinski definition) is 0. The molecule has 4 aliphatic carbocycles. The number of para-hydroxylation sites is 2. The van der Waals surface area contributed by atoms with E-state index in [1.807, 2.05) is 0 Å². The minimum Gasteiger partial charge on any atom is -1.00 e. The molecular formula is C42H36Cl2HfN2. The van der Waals surface area contributed by atoms with Crippen LogP contribution in [0.5, 0.6) is 0 Å². The van der Waals surface area contributed by atoms with Crippen LogP contribution in [0.4, 0.5) is 0 Å². The number of fused-ring (bicyclic) bond motifs is 8. The fourth-order valence-electron chi connectivity index (χ4n) is 9.10. The molecular weight excluding hydrogens is 782 g/mol. The fourth-order valence-corrected chi connectivity index (χ4v) is 16.2. The summed E-state index contributed by atoms with van der Waals surface area (Å²) in [5, 5.41) is 2.96. The molecule has 0 saturated heterocycles. The first kappa shape index (κ1) is 31.2. The van der Waals surface area contributed by atoms with Gasteiger partial charge in [0.1, 0.15) is 0 Å². The van der Waals surface area contributed by atoms with Gasteiger partial charge in [0.25, 0.3) is 0 Å². The maximum Gasteiger partial charge on any atom is -1.00 e.